The lowest BCUT2D eigenvalue weighted by Gasteiger charge is -2.08. The second-order valence-electron chi connectivity index (χ2n) is 5.44. The van der Waals surface area contributed by atoms with E-state index in [1.165, 1.54) is 6.07 Å². The summed E-state index contributed by atoms with van der Waals surface area (Å²) in [4.78, 5) is 20.5. The molecule has 0 spiro atoms. The molecule has 24 heavy (non-hydrogen) atoms. The van der Waals surface area contributed by atoms with Gasteiger partial charge in [0.2, 0.25) is 0 Å². The lowest BCUT2D eigenvalue weighted by Crippen LogP contribution is -2.23. The van der Waals surface area contributed by atoms with Crippen LogP contribution in [0.25, 0.3) is 11.3 Å². The molecular formula is C19H16FN3O. The lowest BCUT2D eigenvalue weighted by molar-refractivity contribution is 0.0950. The normalized spacial score (nSPS) is 10.4. The summed E-state index contributed by atoms with van der Waals surface area (Å²) in [6.45, 7) is 2.00. The molecule has 3 aromatic rings. The highest BCUT2D eigenvalue weighted by atomic mass is 19.1. The van der Waals surface area contributed by atoms with Crippen molar-refractivity contribution in [1.82, 2.24) is 15.3 Å². The quantitative estimate of drug-likeness (QED) is 0.800. The molecule has 4 nitrogen and oxygen atoms in total. The zero-order valence-corrected chi connectivity index (χ0v) is 13.2. The van der Waals surface area contributed by atoms with Gasteiger partial charge in [-0.1, -0.05) is 6.07 Å². The zero-order chi connectivity index (χ0) is 16.9. The molecule has 0 aliphatic heterocycles. The Labute approximate surface area is 139 Å². The second kappa shape index (κ2) is 7.00. The Hall–Kier alpha value is -3.08. The first-order chi connectivity index (χ1) is 11.6. The van der Waals surface area contributed by atoms with Gasteiger partial charge in [-0.3, -0.25) is 14.8 Å². The maximum absolute atomic E-state index is 13.5. The minimum absolute atomic E-state index is 0.305. The topological polar surface area (TPSA) is 54.9 Å². The summed E-state index contributed by atoms with van der Waals surface area (Å²) < 4.78 is 13.5. The molecule has 0 aliphatic rings. The van der Waals surface area contributed by atoms with Crippen LogP contribution in [0.15, 0.2) is 61.1 Å². The fourth-order valence-corrected chi connectivity index (χ4v) is 2.27. The molecule has 0 bridgehead atoms. The van der Waals surface area contributed by atoms with E-state index in [0.29, 0.717) is 17.7 Å². The number of amides is 1. The molecule has 0 saturated carbocycles. The third-order valence-electron chi connectivity index (χ3n) is 3.67. The Kier molecular flexibility index (Phi) is 4.61. The average Bonchev–Trinajstić information content (AvgIpc) is 2.63. The molecule has 3 rings (SSSR count). The van der Waals surface area contributed by atoms with Crippen molar-refractivity contribution in [3.63, 3.8) is 0 Å². The molecule has 0 radical (unpaired) electrons. The van der Waals surface area contributed by atoms with Crippen molar-refractivity contribution in [2.45, 2.75) is 13.5 Å². The van der Waals surface area contributed by atoms with E-state index in [-0.39, 0.29) is 11.7 Å². The van der Waals surface area contributed by atoms with Crippen LogP contribution in [0.2, 0.25) is 0 Å². The molecule has 0 unspecified atom stereocenters. The summed E-state index contributed by atoms with van der Waals surface area (Å²) in [7, 11) is 0. The van der Waals surface area contributed by atoms with Crippen molar-refractivity contribution >= 4 is 5.91 Å². The third-order valence-corrected chi connectivity index (χ3v) is 3.67. The number of aryl methyl sites for hydroxylation is 1. The van der Waals surface area contributed by atoms with E-state index in [2.05, 4.69) is 15.3 Å². The van der Waals surface area contributed by atoms with Crippen LogP contribution in [-0.4, -0.2) is 15.9 Å². The van der Waals surface area contributed by atoms with Gasteiger partial charge in [-0.15, -0.1) is 0 Å². The van der Waals surface area contributed by atoms with Crippen molar-refractivity contribution in [3.05, 3.63) is 83.6 Å². The first-order valence-corrected chi connectivity index (χ1v) is 7.53. The van der Waals surface area contributed by atoms with Crippen LogP contribution in [0.1, 0.15) is 21.5 Å². The van der Waals surface area contributed by atoms with E-state index in [1.54, 1.807) is 37.6 Å². The maximum atomic E-state index is 13.5. The predicted molar refractivity (Wildman–Crippen MR) is 89.8 cm³/mol. The smallest absolute Gasteiger partial charge is 0.251 e. The van der Waals surface area contributed by atoms with E-state index in [4.69, 9.17) is 0 Å². The Morgan fingerprint density at radius 1 is 1.17 bits per heavy atom. The fraction of sp³-hybridized carbons (Fsp3) is 0.105. The van der Waals surface area contributed by atoms with Crippen LogP contribution in [0.3, 0.4) is 0 Å². The molecule has 2 heterocycles. The highest BCUT2D eigenvalue weighted by molar-refractivity contribution is 5.94. The van der Waals surface area contributed by atoms with Crippen molar-refractivity contribution in [2.24, 2.45) is 0 Å². The number of pyridine rings is 2. The van der Waals surface area contributed by atoms with Crippen LogP contribution in [-0.2, 0) is 6.54 Å². The van der Waals surface area contributed by atoms with Crippen molar-refractivity contribution in [2.75, 3.05) is 0 Å². The number of benzene rings is 1. The largest absolute Gasteiger partial charge is 0.348 e. The van der Waals surface area contributed by atoms with Gasteiger partial charge in [0.1, 0.15) is 5.82 Å². The molecule has 0 aliphatic carbocycles. The highest BCUT2D eigenvalue weighted by Gasteiger charge is 2.08. The van der Waals surface area contributed by atoms with Crippen LogP contribution >= 0.6 is 0 Å². The molecule has 5 heteroatoms. The third kappa shape index (κ3) is 3.63. The number of hydrogen-bond acceptors (Lipinski definition) is 3. The number of rotatable bonds is 4. The number of halogens is 1. The number of nitrogens with zero attached hydrogens (tertiary/aromatic N) is 2. The zero-order valence-electron chi connectivity index (χ0n) is 13.2. The molecule has 0 fully saturated rings. The van der Waals surface area contributed by atoms with Gasteiger partial charge >= 0.3 is 0 Å². The molecule has 120 valence electrons. The van der Waals surface area contributed by atoms with Gasteiger partial charge in [0.05, 0.1) is 5.69 Å². The number of aromatic nitrogens is 2. The lowest BCUT2D eigenvalue weighted by atomic mass is 10.1. The van der Waals surface area contributed by atoms with Gasteiger partial charge in [0, 0.05) is 36.3 Å². The maximum Gasteiger partial charge on any atom is 0.251 e. The van der Waals surface area contributed by atoms with Gasteiger partial charge in [0.15, 0.2) is 0 Å². The minimum atomic E-state index is -0.384. The second-order valence-corrected chi connectivity index (χ2v) is 5.44. The van der Waals surface area contributed by atoms with Crippen LogP contribution in [0.4, 0.5) is 4.39 Å². The van der Waals surface area contributed by atoms with Gasteiger partial charge in [-0.2, -0.15) is 0 Å². The molecule has 1 N–H and O–H groups in total. The van der Waals surface area contributed by atoms with E-state index < -0.39 is 0 Å². The first kappa shape index (κ1) is 15.8. The number of carbonyl (C=O) groups is 1. The molecule has 1 amide bonds. The summed E-state index contributed by atoms with van der Waals surface area (Å²) in [5.41, 5.74) is 3.42. The fourth-order valence-electron chi connectivity index (χ4n) is 2.27. The number of carbonyl (C=O) groups excluding carboxylic acids is 1. The molecule has 0 saturated heterocycles. The van der Waals surface area contributed by atoms with Gasteiger partial charge in [-0.05, 0) is 54.4 Å². The summed E-state index contributed by atoms with van der Waals surface area (Å²) in [6.07, 6.45) is 5.13. The van der Waals surface area contributed by atoms with Crippen LogP contribution in [0, 0.1) is 12.7 Å². The standard InChI is InChI=1S/C19H16FN3O/c1-13-4-5-15(10-17(13)20)19(24)23-11-14-6-8-22-18(9-14)16-3-2-7-21-12-16/h2-10,12H,11H2,1H3,(H,23,24). The van der Waals surface area contributed by atoms with Crippen molar-refractivity contribution in [3.8, 4) is 11.3 Å². The SMILES string of the molecule is Cc1ccc(C(=O)NCc2ccnc(-c3cccnc3)c2)cc1F. The van der Waals surface area contributed by atoms with E-state index >= 15 is 0 Å². The first-order valence-electron chi connectivity index (χ1n) is 7.53. The monoisotopic (exact) mass is 321 g/mol. The predicted octanol–water partition coefficient (Wildman–Crippen LogP) is 3.52. The molecular weight excluding hydrogens is 305 g/mol. The summed E-state index contributed by atoms with van der Waals surface area (Å²) >= 11 is 0. The average molecular weight is 321 g/mol. The van der Waals surface area contributed by atoms with E-state index in [0.717, 1.165) is 16.8 Å². The molecule has 1 aromatic carbocycles. The van der Waals surface area contributed by atoms with E-state index in [1.807, 2.05) is 24.3 Å². The van der Waals surface area contributed by atoms with E-state index in [9.17, 15) is 9.18 Å². The minimum Gasteiger partial charge on any atom is -0.348 e. The Bertz CT molecular complexity index is 865. The summed E-state index contributed by atoms with van der Waals surface area (Å²) in [5, 5.41) is 2.79. The molecule has 0 atom stereocenters. The van der Waals surface area contributed by atoms with Gasteiger partial charge in [0.25, 0.3) is 5.91 Å². The van der Waals surface area contributed by atoms with Crippen LogP contribution < -0.4 is 5.32 Å². The Morgan fingerprint density at radius 3 is 2.79 bits per heavy atom. The Morgan fingerprint density at radius 2 is 2.04 bits per heavy atom. The van der Waals surface area contributed by atoms with Crippen LogP contribution in [0.5, 0.6) is 0 Å². The number of hydrogen-bond donors (Lipinski definition) is 1. The van der Waals surface area contributed by atoms with Crippen molar-refractivity contribution in [1.29, 1.82) is 0 Å². The molecule has 2 aromatic heterocycles. The number of nitrogens with one attached hydrogen (secondary N) is 1. The van der Waals surface area contributed by atoms with Crippen molar-refractivity contribution < 1.29 is 9.18 Å². The van der Waals surface area contributed by atoms with Gasteiger partial charge in [-0.25, -0.2) is 4.39 Å². The summed E-state index contributed by atoms with van der Waals surface area (Å²) in [6, 6.07) is 11.9. The van der Waals surface area contributed by atoms with Gasteiger partial charge < -0.3 is 5.32 Å². The highest BCUT2D eigenvalue weighted by Crippen LogP contribution is 2.16. The Balaban J connectivity index is 1.70. The summed E-state index contributed by atoms with van der Waals surface area (Å²) in [5.74, 6) is -0.695.